The van der Waals surface area contributed by atoms with Crippen LogP contribution in [0.1, 0.15) is 40.1 Å². The smallest absolute Gasteiger partial charge is 0.273 e. The molecule has 7 heteroatoms. The van der Waals surface area contributed by atoms with E-state index in [4.69, 9.17) is 9.47 Å². The van der Waals surface area contributed by atoms with Crippen LogP contribution in [0.3, 0.4) is 0 Å². The molecule has 0 radical (unpaired) electrons. The molecule has 7 nitrogen and oxygen atoms in total. The zero-order chi connectivity index (χ0) is 23.7. The van der Waals surface area contributed by atoms with Crippen LogP contribution in [0.2, 0.25) is 0 Å². The summed E-state index contributed by atoms with van der Waals surface area (Å²) in [5, 5.41) is 17.8. The van der Waals surface area contributed by atoms with Crippen molar-refractivity contribution in [1.29, 1.82) is 0 Å². The average molecular weight is 456 g/mol. The maximum atomic E-state index is 13.6. The largest absolute Gasteiger partial charge is 0.504 e. The Labute approximate surface area is 197 Å². The van der Waals surface area contributed by atoms with E-state index >= 15 is 0 Å². The van der Waals surface area contributed by atoms with Crippen LogP contribution in [0, 0.1) is 0 Å². The van der Waals surface area contributed by atoms with E-state index in [1.54, 1.807) is 19.2 Å². The van der Waals surface area contributed by atoms with Gasteiger partial charge in [0, 0.05) is 17.7 Å². The van der Waals surface area contributed by atoms with Gasteiger partial charge in [0.2, 0.25) is 0 Å². The fraction of sp³-hybridized carbons (Fsp3) is 0.185. The number of aromatic nitrogens is 2. The predicted octanol–water partition coefficient (Wildman–Crippen LogP) is 4.94. The number of hydrogen-bond donors (Lipinski definition) is 2. The number of methoxy groups -OCH3 is 1. The maximum absolute atomic E-state index is 13.6. The SMILES string of the molecule is CCOc1cc(C2c3c(-c4ccc(OC)cc4)n[nH]c3C(=O)N2Cc2ccccc2)ccc1O. The van der Waals surface area contributed by atoms with Crippen molar-refractivity contribution in [3.63, 3.8) is 0 Å². The number of carbonyl (C=O) groups is 1. The topological polar surface area (TPSA) is 87.7 Å². The van der Waals surface area contributed by atoms with Gasteiger partial charge in [-0.2, -0.15) is 5.10 Å². The van der Waals surface area contributed by atoms with E-state index in [1.807, 2.05) is 72.5 Å². The number of amides is 1. The Morgan fingerprint density at radius 1 is 1.06 bits per heavy atom. The van der Waals surface area contributed by atoms with Gasteiger partial charge in [0.05, 0.1) is 25.5 Å². The molecule has 0 saturated carbocycles. The van der Waals surface area contributed by atoms with Gasteiger partial charge in [-0.25, -0.2) is 0 Å². The molecule has 2 heterocycles. The minimum Gasteiger partial charge on any atom is -0.504 e. The highest BCUT2D eigenvalue weighted by Crippen LogP contribution is 2.45. The van der Waals surface area contributed by atoms with Crippen molar-refractivity contribution in [2.45, 2.75) is 19.5 Å². The van der Waals surface area contributed by atoms with Crippen LogP contribution in [-0.2, 0) is 6.54 Å². The summed E-state index contributed by atoms with van der Waals surface area (Å²) >= 11 is 0. The highest BCUT2D eigenvalue weighted by molar-refractivity contribution is 6.00. The summed E-state index contributed by atoms with van der Waals surface area (Å²) in [6.45, 7) is 2.71. The first-order chi connectivity index (χ1) is 16.6. The molecular formula is C27H25N3O4. The number of benzene rings is 3. The number of H-pyrrole nitrogens is 1. The monoisotopic (exact) mass is 455 g/mol. The molecule has 2 N–H and O–H groups in total. The Morgan fingerprint density at radius 2 is 1.82 bits per heavy atom. The van der Waals surface area contributed by atoms with E-state index in [0.717, 1.165) is 28.0 Å². The summed E-state index contributed by atoms with van der Waals surface area (Å²) in [6, 6.07) is 22.3. The van der Waals surface area contributed by atoms with Gasteiger partial charge in [-0.05, 0) is 54.4 Å². The maximum Gasteiger partial charge on any atom is 0.273 e. The number of ether oxygens (including phenoxy) is 2. The first-order valence-corrected chi connectivity index (χ1v) is 11.1. The molecule has 1 amide bonds. The Bertz CT molecular complexity index is 1320. The lowest BCUT2D eigenvalue weighted by Crippen LogP contribution is -2.29. The number of nitrogens with one attached hydrogen (secondary N) is 1. The number of rotatable bonds is 7. The molecule has 0 fully saturated rings. The lowest BCUT2D eigenvalue weighted by Gasteiger charge is -2.27. The number of phenolic OH excluding ortho intramolecular Hbond substituents is 1. The lowest BCUT2D eigenvalue weighted by molar-refractivity contribution is 0.0730. The minimum atomic E-state index is -0.404. The van der Waals surface area contributed by atoms with Gasteiger partial charge in [-0.15, -0.1) is 0 Å². The van der Waals surface area contributed by atoms with Gasteiger partial charge in [0.1, 0.15) is 11.4 Å². The average Bonchev–Trinajstić information content (AvgIpc) is 3.41. The number of hydrogen-bond acceptors (Lipinski definition) is 5. The molecule has 3 aromatic carbocycles. The van der Waals surface area contributed by atoms with Crippen LogP contribution in [0.25, 0.3) is 11.3 Å². The second-order valence-electron chi connectivity index (χ2n) is 8.07. The number of aromatic amines is 1. The van der Waals surface area contributed by atoms with Gasteiger partial charge < -0.3 is 19.5 Å². The third kappa shape index (κ3) is 3.75. The van der Waals surface area contributed by atoms with Crippen LogP contribution < -0.4 is 9.47 Å². The highest BCUT2D eigenvalue weighted by Gasteiger charge is 2.42. The number of aromatic hydroxyl groups is 1. The Morgan fingerprint density at radius 3 is 2.53 bits per heavy atom. The summed E-state index contributed by atoms with van der Waals surface area (Å²) in [7, 11) is 1.62. The number of carbonyl (C=O) groups excluding carboxylic acids is 1. The summed E-state index contributed by atoms with van der Waals surface area (Å²) in [5.74, 6) is 1.07. The van der Waals surface area contributed by atoms with Crippen molar-refractivity contribution >= 4 is 5.91 Å². The Balaban J connectivity index is 1.64. The van der Waals surface area contributed by atoms with E-state index in [0.29, 0.717) is 30.3 Å². The molecule has 5 rings (SSSR count). The van der Waals surface area contributed by atoms with Crippen LogP contribution in [0.5, 0.6) is 17.2 Å². The second kappa shape index (κ2) is 8.94. The van der Waals surface area contributed by atoms with E-state index in [-0.39, 0.29) is 11.7 Å². The fourth-order valence-corrected chi connectivity index (χ4v) is 4.43. The molecule has 1 atom stereocenters. The summed E-state index contributed by atoms with van der Waals surface area (Å²) in [6.07, 6.45) is 0. The van der Waals surface area contributed by atoms with Crippen LogP contribution >= 0.6 is 0 Å². The quantitative estimate of drug-likeness (QED) is 0.412. The Kier molecular flexibility index (Phi) is 5.67. The molecule has 0 saturated heterocycles. The Hall–Kier alpha value is -4.26. The van der Waals surface area contributed by atoms with Crippen molar-refractivity contribution in [3.05, 3.63) is 95.2 Å². The predicted molar refractivity (Wildman–Crippen MR) is 128 cm³/mol. The van der Waals surface area contributed by atoms with Crippen LogP contribution in [-0.4, -0.2) is 39.8 Å². The minimum absolute atomic E-state index is 0.0623. The van der Waals surface area contributed by atoms with E-state index in [2.05, 4.69) is 10.2 Å². The van der Waals surface area contributed by atoms with E-state index in [9.17, 15) is 9.90 Å². The van der Waals surface area contributed by atoms with Gasteiger partial charge in [0.15, 0.2) is 11.5 Å². The third-order valence-electron chi connectivity index (χ3n) is 6.02. The summed E-state index contributed by atoms with van der Waals surface area (Å²) in [5.41, 5.74) is 4.71. The molecule has 1 aliphatic rings. The first-order valence-electron chi connectivity index (χ1n) is 11.1. The molecule has 1 aromatic heterocycles. The van der Waals surface area contributed by atoms with Crippen molar-refractivity contribution in [1.82, 2.24) is 15.1 Å². The fourth-order valence-electron chi connectivity index (χ4n) is 4.43. The first kappa shape index (κ1) is 21.6. The molecule has 0 spiro atoms. The molecule has 0 bridgehead atoms. The van der Waals surface area contributed by atoms with Crippen molar-refractivity contribution in [3.8, 4) is 28.5 Å². The molecule has 1 aliphatic heterocycles. The lowest BCUT2D eigenvalue weighted by atomic mass is 9.95. The molecule has 1 unspecified atom stereocenters. The van der Waals surface area contributed by atoms with Crippen molar-refractivity contribution < 1.29 is 19.4 Å². The van der Waals surface area contributed by atoms with Crippen molar-refractivity contribution in [2.75, 3.05) is 13.7 Å². The molecule has 4 aromatic rings. The van der Waals surface area contributed by atoms with Crippen molar-refractivity contribution in [2.24, 2.45) is 0 Å². The summed E-state index contributed by atoms with van der Waals surface area (Å²) in [4.78, 5) is 15.4. The van der Waals surface area contributed by atoms with E-state index < -0.39 is 6.04 Å². The zero-order valence-electron chi connectivity index (χ0n) is 19.0. The van der Waals surface area contributed by atoms with Crippen LogP contribution in [0.4, 0.5) is 0 Å². The van der Waals surface area contributed by atoms with E-state index in [1.165, 1.54) is 0 Å². The van der Waals surface area contributed by atoms with Gasteiger partial charge in [0.25, 0.3) is 5.91 Å². The van der Waals surface area contributed by atoms with Crippen LogP contribution in [0.15, 0.2) is 72.8 Å². The molecule has 34 heavy (non-hydrogen) atoms. The number of fused-ring (bicyclic) bond motifs is 1. The van der Waals surface area contributed by atoms with Gasteiger partial charge in [-0.1, -0.05) is 36.4 Å². The molecular weight excluding hydrogens is 430 g/mol. The standard InChI is InChI=1S/C27H25N3O4/c1-3-34-22-15-19(11-14-21(22)31)26-23-24(18-9-12-20(33-2)13-10-18)28-29-25(23)27(32)30(26)16-17-7-5-4-6-8-17/h4-15,26,31H,3,16H2,1-2H3,(H,28,29). The molecule has 0 aliphatic carbocycles. The number of phenols is 1. The second-order valence-corrected chi connectivity index (χ2v) is 8.07. The third-order valence-corrected chi connectivity index (χ3v) is 6.02. The number of nitrogens with zero attached hydrogens (tertiary/aromatic N) is 2. The van der Waals surface area contributed by atoms with Gasteiger partial charge >= 0.3 is 0 Å². The highest BCUT2D eigenvalue weighted by atomic mass is 16.5. The summed E-state index contributed by atoms with van der Waals surface area (Å²) < 4.78 is 10.9. The normalized spacial score (nSPS) is 14.8. The zero-order valence-corrected chi connectivity index (χ0v) is 19.0. The molecule has 172 valence electrons. The van der Waals surface area contributed by atoms with Gasteiger partial charge in [-0.3, -0.25) is 9.89 Å².